The molecule has 5 heteroatoms. The number of carboxylic acid groups (broad SMARTS) is 1. The average Bonchev–Trinajstić information content (AvgIpc) is 2.76. The molecule has 0 spiro atoms. The maximum absolute atomic E-state index is 10.4. The van der Waals surface area contributed by atoms with Gasteiger partial charge >= 0.3 is 5.97 Å². The zero-order valence-electron chi connectivity index (χ0n) is 9.11. The van der Waals surface area contributed by atoms with E-state index in [0.717, 1.165) is 36.6 Å². The van der Waals surface area contributed by atoms with Gasteiger partial charge in [0.2, 0.25) is 0 Å². The van der Waals surface area contributed by atoms with Gasteiger partial charge in [-0.15, -0.1) is 11.3 Å². The zero-order valence-corrected chi connectivity index (χ0v) is 9.92. The van der Waals surface area contributed by atoms with E-state index in [4.69, 9.17) is 5.11 Å². The zero-order chi connectivity index (χ0) is 11.4. The maximum Gasteiger partial charge on any atom is 0.303 e. The number of nitrogens with zero attached hydrogens (tertiary/aromatic N) is 1. The molecule has 0 aromatic carbocycles. The average molecular weight is 240 g/mol. The maximum atomic E-state index is 10.4. The van der Waals surface area contributed by atoms with Crippen molar-refractivity contribution >= 4 is 17.3 Å². The van der Waals surface area contributed by atoms with Crippen LogP contribution in [0.5, 0.6) is 0 Å². The molecule has 2 rings (SSSR count). The molecule has 1 aliphatic rings. The van der Waals surface area contributed by atoms with Gasteiger partial charge in [-0.1, -0.05) is 0 Å². The highest BCUT2D eigenvalue weighted by molar-refractivity contribution is 7.09. The number of aromatic nitrogens is 1. The van der Waals surface area contributed by atoms with Crippen molar-refractivity contribution < 1.29 is 9.90 Å². The highest BCUT2D eigenvalue weighted by Gasteiger charge is 2.17. The lowest BCUT2D eigenvalue weighted by atomic mass is 9.95. The first-order chi connectivity index (χ1) is 7.75. The molecule has 0 saturated carbocycles. The standard InChI is InChI=1S/C11H16N2O2S/c14-11(15)2-1-10-13-9(7-16-10)8-3-5-12-6-4-8/h7-8,12H,1-6H2,(H,14,15). The molecule has 0 bridgehead atoms. The fourth-order valence-electron chi connectivity index (χ4n) is 1.96. The highest BCUT2D eigenvalue weighted by Crippen LogP contribution is 2.26. The largest absolute Gasteiger partial charge is 0.481 e. The van der Waals surface area contributed by atoms with Crippen LogP contribution in [-0.2, 0) is 11.2 Å². The van der Waals surface area contributed by atoms with Gasteiger partial charge in [-0.05, 0) is 25.9 Å². The van der Waals surface area contributed by atoms with Crippen molar-refractivity contribution in [1.29, 1.82) is 0 Å². The van der Waals surface area contributed by atoms with Crippen molar-refractivity contribution in [2.75, 3.05) is 13.1 Å². The van der Waals surface area contributed by atoms with Gasteiger partial charge in [0.25, 0.3) is 0 Å². The third-order valence-electron chi connectivity index (χ3n) is 2.88. The third-order valence-corrected chi connectivity index (χ3v) is 3.81. The van der Waals surface area contributed by atoms with Crippen LogP contribution in [0, 0.1) is 0 Å². The van der Waals surface area contributed by atoms with Gasteiger partial charge in [-0.3, -0.25) is 4.79 Å². The quantitative estimate of drug-likeness (QED) is 0.839. The number of aliphatic carboxylic acids is 1. The fraction of sp³-hybridized carbons (Fsp3) is 0.636. The van der Waals surface area contributed by atoms with E-state index in [2.05, 4.69) is 15.7 Å². The number of nitrogens with one attached hydrogen (secondary N) is 1. The number of thiazole rings is 1. The molecule has 1 fully saturated rings. The van der Waals surface area contributed by atoms with E-state index in [1.165, 1.54) is 0 Å². The molecule has 1 saturated heterocycles. The predicted molar refractivity (Wildman–Crippen MR) is 62.9 cm³/mol. The Kier molecular flexibility index (Phi) is 3.90. The van der Waals surface area contributed by atoms with Crippen LogP contribution >= 0.6 is 11.3 Å². The van der Waals surface area contributed by atoms with Crippen molar-refractivity contribution in [3.63, 3.8) is 0 Å². The molecule has 1 aliphatic heterocycles. The minimum atomic E-state index is -0.751. The van der Waals surface area contributed by atoms with Crippen molar-refractivity contribution in [1.82, 2.24) is 10.3 Å². The number of hydrogen-bond acceptors (Lipinski definition) is 4. The van der Waals surface area contributed by atoms with Crippen molar-refractivity contribution in [3.8, 4) is 0 Å². The van der Waals surface area contributed by atoms with Crippen LogP contribution in [0.2, 0.25) is 0 Å². The van der Waals surface area contributed by atoms with Crippen LogP contribution in [-0.4, -0.2) is 29.1 Å². The molecule has 2 heterocycles. The molecule has 0 unspecified atom stereocenters. The molecule has 16 heavy (non-hydrogen) atoms. The number of carboxylic acids is 1. The molecule has 1 aromatic heterocycles. The first kappa shape index (κ1) is 11.5. The van der Waals surface area contributed by atoms with Crippen molar-refractivity contribution in [3.05, 3.63) is 16.1 Å². The fourth-order valence-corrected chi connectivity index (χ4v) is 2.84. The van der Waals surface area contributed by atoms with E-state index in [1.54, 1.807) is 11.3 Å². The van der Waals surface area contributed by atoms with Crippen LogP contribution in [0.25, 0.3) is 0 Å². The molecule has 1 aromatic rings. The summed E-state index contributed by atoms with van der Waals surface area (Å²) in [7, 11) is 0. The molecular formula is C11H16N2O2S. The van der Waals surface area contributed by atoms with E-state index < -0.39 is 5.97 Å². The molecule has 0 atom stereocenters. The van der Waals surface area contributed by atoms with E-state index in [1.807, 2.05) is 0 Å². The summed E-state index contributed by atoms with van der Waals surface area (Å²) in [5.41, 5.74) is 1.16. The summed E-state index contributed by atoms with van der Waals surface area (Å²) in [5.74, 6) is -0.185. The van der Waals surface area contributed by atoms with E-state index >= 15 is 0 Å². The van der Waals surface area contributed by atoms with Crippen molar-refractivity contribution in [2.45, 2.75) is 31.6 Å². The summed E-state index contributed by atoms with van der Waals surface area (Å²) >= 11 is 1.59. The Morgan fingerprint density at radius 2 is 2.31 bits per heavy atom. The van der Waals surface area contributed by atoms with Gasteiger partial charge in [0.15, 0.2) is 0 Å². The minimum absolute atomic E-state index is 0.180. The van der Waals surface area contributed by atoms with Gasteiger partial charge in [-0.25, -0.2) is 4.98 Å². The second-order valence-corrected chi connectivity index (χ2v) is 5.03. The van der Waals surface area contributed by atoms with Crippen LogP contribution in [0.4, 0.5) is 0 Å². The lowest BCUT2D eigenvalue weighted by Gasteiger charge is -2.20. The Morgan fingerprint density at radius 3 is 3.00 bits per heavy atom. The normalized spacial score (nSPS) is 17.5. The first-order valence-electron chi connectivity index (χ1n) is 5.62. The molecule has 2 N–H and O–H groups in total. The predicted octanol–water partition coefficient (Wildman–Crippen LogP) is 1.63. The van der Waals surface area contributed by atoms with Gasteiger partial charge in [-0.2, -0.15) is 0 Å². The lowest BCUT2D eigenvalue weighted by Crippen LogP contribution is -2.26. The van der Waals surface area contributed by atoms with E-state index in [9.17, 15) is 4.79 Å². The Labute approximate surface area is 98.7 Å². The molecule has 0 amide bonds. The molecule has 88 valence electrons. The Balaban J connectivity index is 1.93. The lowest BCUT2D eigenvalue weighted by molar-refractivity contribution is -0.136. The smallest absolute Gasteiger partial charge is 0.303 e. The number of carbonyl (C=O) groups is 1. The molecular weight excluding hydrogens is 224 g/mol. The van der Waals surface area contributed by atoms with Gasteiger partial charge < -0.3 is 10.4 Å². The topological polar surface area (TPSA) is 62.2 Å². The van der Waals surface area contributed by atoms with Gasteiger partial charge in [0.1, 0.15) is 0 Å². The summed E-state index contributed by atoms with van der Waals surface area (Å²) in [6.45, 7) is 2.12. The number of aryl methyl sites for hydroxylation is 1. The molecule has 4 nitrogen and oxygen atoms in total. The minimum Gasteiger partial charge on any atom is -0.481 e. The Morgan fingerprint density at radius 1 is 1.56 bits per heavy atom. The van der Waals surface area contributed by atoms with Gasteiger partial charge in [0, 0.05) is 17.7 Å². The summed E-state index contributed by atoms with van der Waals surface area (Å²) in [6, 6.07) is 0. The Bertz CT molecular complexity index is 359. The van der Waals surface area contributed by atoms with E-state index in [-0.39, 0.29) is 6.42 Å². The second-order valence-electron chi connectivity index (χ2n) is 4.08. The highest BCUT2D eigenvalue weighted by atomic mass is 32.1. The summed E-state index contributed by atoms with van der Waals surface area (Å²) in [5, 5.41) is 15.0. The number of piperidine rings is 1. The summed E-state index contributed by atoms with van der Waals surface area (Å²) in [6.07, 6.45) is 3.02. The van der Waals surface area contributed by atoms with Crippen LogP contribution < -0.4 is 5.32 Å². The number of hydrogen-bond donors (Lipinski definition) is 2. The monoisotopic (exact) mass is 240 g/mol. The van der Waals surface area contributed by atoms with Crippen LogP contribution in [0.1, 0.15) is 35.9 Å². The van der Waals surface area contributed by atoms with Gasteiger partial charge in [0.05, 0.1) is 17.1 Å². The first-order valence-corrected chi connectivity index (χ1v) is 6.50. The SMILES string of the molecule is O=C(O)CCc1nc(C2CCNCC2)cs1. The van der Waals surface area contributed by atoms with Crippen LogP contribution in [0.3, 0.4) is 0 Å². The molecule has 0 aliphatic carbocycles. The summed E-state index contributed by atoms with van der Waals surface area (Å²) < 4.78 is 0. The third kappa shape index (κ3) is 3.02. The van der Waals surface area contributed by atoms with Crippen LogP contribution in [0.15, 0.2) is 5.38 Å². The second kappa shape index (κ2) is 5.41. The van der Waals surface area contributed by atoms with Crippen molar-refractivity contribution in [2.24, 2.45) is 0 Å². The number of rotatable bonds is 4. The Hall–Kier alpha value is -0.940. The summed E-state index contributed by atoms with van der Waals surface area (Å²) in [4.78, 5) is 15.0. The van der Waals surface area contributed by atoms with E-state index in [0.29, 0.717) is 12.3 Å². The molecule has 0 radical (unpaired) electrons.